The molecule has 3 N–H and O–H groups in total. The van der Waals surface area contributed by atoms with Crippen LogP contribution in [0.3, 0.4) is 0 Å². The number of anilines is 2. The topological polar surface area (TPSA) is 173 Å². The van der Waals surface area contributed by atoms with Crippen molar-refractivity contribution in [2.45, 2.75) is 18.2 Å². The smallest absolute Gasteiger partial charge is 0.352 e. The number of hydrogen-bond acceptors (Lipinski definition) is 11. The van der Waals surface area contributed by atoms with Gasteiger partial charge >= 0.3 is 5.97 Å². The number of thiazole rings is 1. The van der Waals surface area contributed by atoms with Crippen molar-refractivity contribution in [2.75, 3.05) is 36.2 Å². The van der Waals surface area contributed by atoms with Gasteiger partial charge in [-0.25, -0.2) is 18.2 Å². The second-order valence-corrected chi connectivity index (χ2v) is 12.7. The van der Waals surface area contributed by atoms with Crippen molar-refractivity contribution in [1.82, 2.24) is 9.88 Å². The molecule has 0 spiro atoms. The minimum absolute atomic E-state index is 0.0545. The van der Waals surface area contributed by atoms with Gasteiger partial charge in [-0.1, -0.05) is 17.3 Å². The first-order valence-electron chi connectivity index (χ1n) is 11.2. The second kappa shape index (κ2) is 10.7. The lowest BCUT2D eigenvalue weighted by Gasteiger charge is -2.49. The number of Topliss-reactive ketones (excluding diaryl/α,β-unsaturated/α-hetero) is 1. The molecule has 3 heterocycles. The number of aromatic nitrogens is 1. The molecule has 0 saturated carbocycles. The third-order valence-electron chi connectivity index (χ3n) is 6.17. The van der Waals surface area contributed by atoms with Crippen LogP contribution >= 0.6 is 23.1 Å². The summed E-state index contributed by atoms with van der Waals surface area (Å²) in [5.41, 5.74) is 7.41. The van der Waals surface area contributed by atoms with E-state index < -0.39 is 39.0 Å². The molecule has 0 radical (unpaired) electrons. The minimum Gasteiger partial charge on any atom is -0.477 e. The number of carbonyl (C=O) groups is 3. The Bertz CT molecular complexity index is 1470. The molecule has 202 valence electrons. The molecule has 38 heavy (non-hydrogen) atoms. The van der Waals surface area contributed by atoms with Gasteiger partial charge in [0.2, 0.25) is 15.9 Å². The molecule has 2 aliphatic heterocycles. The Hall–Kier alpha value is -3.43. The Morgan fingerprint density at radius 3 is 2.71 bits per heavy atom. The molecule has 0 bridgehead atoms. The molecule has 1 fully saturated rings. The Kier molecular flexibility index (Phi) is 7.80. The number of aliphatic carboxylic acids is 1. The van der Waals surface area contributed by atoms with Gasteiger partial charge in [-0.15, -0.1) is 23.1 Å². The van der Waals surface area contributed by atoms with Crippen molar-refractivity contribution in [3.05, 3.63) is 52.2 Å². The fourth-order valence-electron chi connectivity index (χ4n) is 4.28. The average molecular weight is 580 g/mol. The largest absolute Gasteiger partial charge is 0.477 e. The molecule has 2 aliphatic rings. The zero-order chi connectivity index (χ0) is 27.8. The van der Waals surface area contributed by atoms with Crippen molar-refractivity contribution >= 4 is 67.3 Å². The zero-order valence-electron chi connectivity index (χ0n) is 20.7. The van der Waals surface area contributed by atoms with Crippen LogP contribution in [0.2, 0.25) is 0 Å². The molecule has 15 heteroatoms. The summed E-state index contributed by atoms with van der Waals surface area (Å²) in [7, 11) is -0.747. The van der Waals surface area contributed by atoms with Crippen LogP contribution < -0.4 is 10.0 Å². The highest BCUT2D eigenvalue weighted by molar-refractivity contribution is 8.00. The Morgan fingerprint density at radius 2 is 2.11 bits per heavy atom. The number of sulfonamides is 1. The van der Waals surface area contributed by atoms with Crippen LogP contribution in [0.15, 0.2) is 46.1 Å². The molecule has 12 nitrogen and oxygen atoms in total. The number of nitrogens with two attached hydrogens (primary N) is 1. The summed E-state index contributed by atoms with van der Waals surface area (Å²) in [4.78, 5) is 48.4. The van der Waals surface area contributed by atoms with Gasteiger partial charge < -0.3 is 15.7 Å². The highest BCUT2D eigenvalue weighted by Crippen LogP contribution is 2.46. The van der Waals surface area contributed by atoms with Gasteiger partial charge in [-0.05, 0) is 29.7 Å². The van der Waals surface area contributed by atoms with Gasteiger partial charge in [0.25, 0.3) is 0 Å². The fraction of sp³-hybridized carbons (Fsp3) is 0.348. The van der Waals surface area contributed by atoms with Gasteiger partial charge in [0, 0.05) is 24.6 Å². The maximum atomic E-state index is 13.1. The minimum atomic E-state index is -3.47. The zero-order valence-corrected chi connectivity index (χ0v) is 23.1. The number of fused-ring (bicyclic) bond motifs is 1. The number of nitrogens with zero attached hydrogens (tertiary/aromatic N) is 4. The molecular weight excluding hydrogens is 554 g/mol. The molecule has 0 unspecified atom stereocenters. The van der Waals surface area contributed by atoms with Gasteiger partial charge in [0.05, 0.1) is 23.2 Å². The Balaban J connectivity index is 1.54. The highest BCUT2D eigenvalue weighted by Gasteiger charge is 2.54. The van der Waals surface area contributed by atoms with Crippen molar-refractivity contribution in [1.29, 1.82) is 0 Å². The number of hydrogen-bond donors (Lipinski definition) is 2. The second-order valence-electron chi connectivity index (χ2n) is 8.67. The average Bonchev–Trinajstić information content (AvgIpc) is 3.30. The number of amides is 1. The monoisotopic (exact) mass is 579 g/mol. The van der Waals surface area contributed by atoms with Gasteiger partial charge in [-0.3, -0.25) is 18.8 Å². The quantitative estimate of drug-likeness (QED) is 0.239. The van der Waals surface area contributed by atoms with E-state index in [1.54, 1.807) is 29.6 Å². The fourth-order valence-corrected chi connectivity index (χ4v) is 6.74. The summed E-state index contributed by atoms with van der Waals surface area (Å²) < 4.78 is 25.0. The Labute approximate surface area is 227 Å². The van der Waals surface area contributed by atoms with E-state index in [1.165, 1.54) is 30.8 Å². The predicted molar refractivity (Wildman–Crippen MR) is 144 cm³/mol. The SMILES string of the molecule is CO/N=C(\C(=O)C[C@@H]1C(=O)N2C(C(=O)O)=C(Cc3cccc(N(C)S(C)(=O)=O)c3)CS[C@H]12)c1csc(N)n1. The van der Waals surface area contributed by atoms with E-state index in [2.05, 4.69) is 10.1 Å². The normalized spacial score (nSPS) is 19.6. The number of ketones is 1. The number of thioether (sulfide) groups is 1. The van der Waals surface area contributed by atoms with Crippen molar-refractivity contribution in [3.63, 3.8) is 0 Å². The molecule has 0 aliphatic carbocycles. The molecular formula is C23H25N5O7S3. The van der Waals surface area contributed by atoms with E-state index in [1.807, 2.05) is 0 Å². The molecule has 1 aromatic carbocycles. The summed E-state index contributed by atoms with van der Waals surface area (Å²) in [5.74, 6) is -2.57. The third kappa shape index (κ3) is 5.39. The standard InChI is InChI=1S/C23H25N5O7S3/c1-27(38(3,33)34)14-6-4-5-12(8-14)7-13-10-36-21-15(20(30)28(21)19(13)22(31)32)9-17(29)18(26-35-2)16-11-37-23(24)25-16/h4-6,8,11,15,21H,7,9-10H2,1-3H3,(H2,24,25)(H,31,32)/b26-18-/t15-,21-/m1/s1. The van der Waals surface area contributed by atoms with E-state index in [9.17, 15) is 27.9 Å². The predicted octanol–water partition coefficient (Wildman–Crippen LogP) is 1.54. The van der Waals surface area contributed by atoms with E-state index in [-0.39, 0.29) is 35.1 Å². The van der Waals surface area contributed by atoms with Crippen LogP contribution in [-0.4, -0.2) is 78.3 Å². The summed E-state index contributed by atoms with van der Waals surface area (Å²) >= 11 is 2.51. The van der Waals surface area contributed by atoms with Crippen molar-refractivity contribution in [3.8, 4) is 0 Å². The lowest BCUT2D eigenvalue weighted by molar-refractivity contribution is -0.153. The number of benzene rings is 1. The van der Waals surface area contributed by atoms with E-state index in [0.29, 0.717) is 22.6 Å². The lowest BCUT2D eigenvalue weighted by atomic mass is 9.88. The van der Waals surface area contributed by atoms with Crippen LogP contribution in [0.5, 0.6) is 0 Å². The molecule has 1 aromatic heterocycles. The maximum Gasteiger partial charge on any atom is 0.352 e. The van der Waals surface area contributed by atoms with Crippen LogP contribution in [0.25, 0.3) is 0 Å². The molecule has 2 atom stereocenters. The molecule has 4 rings (SSSR count). The summed E-state index contributed by atoms with van der Waals surface area (Å²) in [6, 6.07) is 6.78. The van der Waals surface area contributed by atoms with Gasteiger partial charge in [0.1, 0.15) is 18.5 Å². The van der Waals surface area contributed by atoms with Crippen LogP contribution in [0.4, 0.5) is 10.8 Å². The van der Waals surface area contributed by atoms with Gasteiger partial charge in [-0.2, -0.15) is 0 Å². The molecule has 1 saturated heterocycles. The number of oxime groups is 1. The van der Waals surface area contributed by atoms with Crippen molar-refractivity contribution in [2.24, 2.45) is 11.1 Å². The number of carboxylic acids is 1. The lowest BCUT2D eigenvalue weighted by Crippen LogP contribution is -2.62. The first kappa shape index (κ1) is 27.6. The van der Waals surface area contributed by atoms with E-state index >= 15 is 0 Å². The number of rotatable bonds is 10. The number of carbonyl (C=O) groups excluding carboxylic acids is 2. The van der Waals surface area contributed by atoms with Crippen LogP contribution in [0, 0.1) is 5.92 Å². The molecule has 1 amide bonds. The summed E-state index contributed by atoms with van der Waals surface area (Å²) in [5, 5.41) is 15.0. The van der Waals surface area contributed by atoms with Gasteiger partial charge in [0.15, 0.2) is 16.6 Å². The molecule has 2 aromatic rings. The Morgan fingerprint density at radius 1 is 1.37 bits per heavy atom. The summed E-state index contributed by atoms with van der Waals surface area (Å²) in [6.45, 7) is 0. The van der Waals surface area contributed by atoms with Crippen LogP contribution in [-0.2, 0) is 35.7 Å². The van der Waals surface area contributed by atoms with Crippen molar-refractivity contribution < 1.29 is 32.7 Å². The first-order chi connectivity index (χ1) is 17.9. The highest BCUT2D eigenvalue weighted by atomic mass is 32.2. The van der Waals surface area contributed by atoms with E-state index in [0.717, 1.165) is 21.9 Å². The summed E-state index contributed by atoms with van der Waals surface area (Å²) in [6.07, 6.45) is 1.13. The number of carboxylic acid groups (broad SMARTS) is 1. The van der Waals surface area contributed by atoms with Crippen LogP contribution in [0.1, 0.15) is 17.7 Å². The third-order valence-corrected chi connectivity index (χ3v) is 9.44. The maximum absolute atomic E-state index is 13.1. The number of β-lactam (4-membered cyclic amide) rings is 1. The number of nitrogen functional groups attached to an aromatic ring is 1. The first-order valence-corrected chi connectivity index (χ1v) is 15.0. The van der Waals surface area contributed by atoms with E-state index in [4.69, 9.17) is 10.6 Å².